The van der Waals surface area contributed by atoms with Crippen molar-refractivity contribution < 1.29 is 33.7 Å². The van der Waals surface area contributed by atoms with Gasteiger partial charge in [-0.1, -0.05) is 13.0 Å². The van der Waals surface area contributed by atoms with E-state index in [4.69, 9.17) is 12.8 Å². The highest BCUT2D eigenvalue weighted by atomic mass is 32.1. The average molecular weight is 526 g/mol. The molecule has 4 rings (SSSR count). The molecule has 192 valence electrons. The van der Waals surface area contributed by atoms with Crippen molar-refractivity contribution in [3.8, 4) is 0 Å². The van der Waals surface area contributed by atoms with E-state index in [1.807, 2.05) is 0 Å². The largest absolute Gasteiger partial charge is 0.416 e. The first-order chi connectivity index (χ1) is 17.2. The Bertz CT molecular complexity index is 1300. The molecule has 14 heteroatoms. The summed E-state index contributed by atoms with van der Waals surface area (Å²) in [4.78, 5) is 53.8. The van der Waals surface area contributed by atoms with Crippen molar-refractivity contribution in [3.05, 3.63) is 50.5 Å². The second kappa shape index (κ2) is 9.50. The molecule has 2 aromatic rings. The minimum Gasteiger partial charge on any atom is -0.365 e. The van der Waals surface area contributed by atoms with E-state index in [9.17, 15) is 32.3 Å². The predicted octanol–water partition coefficient (Wildman–Crippen LogP) is 1.36. The Kier molecular flexibility index (Phi) is 6.38. The van der Waals surface area contributed by atoms with E-state index < -0.39 is 47.3 Å². The number of nitrogens with zero attached hydrogens (tertiary/aromatic N) is 3. The van der Waals surface area contributed by atoms with E-state index in [1.165, 1.54) is 11.9 Å². The lowest BCUT2D eigenvalue weighted by Crippen LogP contribution is -2.46. The highest BCUT2D eigenvalue weighted by Gasteiger charge is 2.40. The van der Waals surface area contributed by atoms with Gasteiger partial charge in [0.25, 0.3) is 17.7 Å². The van der Waals surface area contributed by atoms with Gasteiger partial charge in [-0.3, -0.25) is 24.2 Å². The summed E-state index contributed by atoms with van der Waals surface area (Å²) in [5, 5.41) is 5.07. The summed E-state index contributed by atoms with van der Waals surface area (Å²) in [6.45, 7) is 2.07. The number of primary amides is 2. The minimum absolute atomic E-state index is 0.0340. The standard InChI is InChI=1S/C22H23F3N6O4S/c1-10(7-14-16(17(26)32)36-20(28-14)18(27)33)19(34)29-15-13-4-3-12(22(23,24)25)8-11(13)9-30-5-2-6-31(30)21(15)35/h3-4,8,10,15H,2,5-7,9H2,1H3,(H2,26,32)(H2,27,33)(H,29,34)/t10-,15+/m1/s1/i15D. The van der Waals surface area contributed by atoms with Gasteiger partial charge in [-0.15, -0.1) is 11.3 Å². The molecule has 2 aliphatic heterocycles. The lowest BCUT2D eigenvalue weighted by atomic mass is 9.96. The van der Waals surface area contributed by atoms with Crippen LogP contribution in [-0.2, 0) is 28.7 Å². The van der Waals surface area contributed by atoms with Crippen LogP contribution in [0.15, 0.2) is 18.2 Å². The predicted molar refractivity (Wildman–Crippen MR) is 121 cm³/mol. The summed E-state index contributed by atoms with van der Waals surface area (Å²) in [6.07, 6.45) is -4.25. The number of amides is 4. The number of halogens is 3. The van der Waals surface area contributed by atoms with Crippen molar-refractivity contribution in [2.75, 3.05) is 13.1 Å². The van der Waals surface area contributed by atoms with Gasteiger partial charge in [0, 0.05) is 32.0 Å². The van der Waals surface area contributed by atoms with E-state index in [1.54, 1.807) is 5.01 Å². The van der Waals surface area contributed by atoms with Crippen molar-refractivity contribution in [1.29, 1.82) is 0 Å². The third-order valence-electron chi connectivity index (χ3n) is 5.96. The number of hydrogen-bond donors (Lipinski definition) is 3. The number of carbonyl (C=O) groups excluding carboxylic acids is 4. The maximum Gasteiger partial charge on any atom is 0.416 e. The maximum atomic E-state index is 13.5. The zero-order chi connectivity index (χ0) is 27.3. The number of aromatic nitrogens is 1. The average Bonchev–Trinajstić information content (AvgIpc) is 3.43. The second-order valence-corrected chi connectivity index (χ2v) is 9.53. The number of nitrogens with one attached hydrogen (secondary N) is 1. The molecule has 36 heavy (non-hydrogen) atoms. The number of hydrogen-bond acceptors (Lipinski definition) is 7. The molecule has 0 bridgehead atoms. The molecule has 0 radical (unpaired) electrons. The Morgan fingerprint density at radius 1 is 1.28 bits per heavy atom. The molecule has 2 atom stereocenters. The van der Waals surface area contributed by atoms with Gasteiger partial charge in [0.15, 0.2) is 5.01 Å². The zero-order valence-corrected chi connectivity index (χ0v) is 19.8. The number of benzene rings is 1. The molecule has 0 spiro atoms. The Morgan fingerprint density at radius 3 is 2.64 bits per heavy atom. The van der Waals surface area contributed by atoms with Crippen LogP contribution >= 0.6 is 11.3 Å². The number of thiazole rings is 1. The van der Waals surface area contributed by atoms with Crippen LogP contribution in [0.2, 0.25) is 0 Å². The summed E-state index contributed by atoms with van der Waals surface area (Å²) in [6, 6.07) is 0.304. The molecule has 0 saturated carbocycles. The van der Waals surface area contributed by atoms with Crippen molar-refractivity contribution in [2.45, 2.75) is 38.5 Å². The van der Waals surface area contributed by atoms with Crippen LogP contribution < -0.4 is 16.8 Å². The van der Waals surface area contributed by atoms with Gasteiger partial charge < -0.3 is 16.8 Å². The molecule has 5 N–H and O–H groups in total. The number of nitrogens with two attached hydrogens (primary N) is 2. The smallest absolute Gasteiger partial charge is 0.365 e. The van der Waals surface area contributed by atoms with Crippen LogP contribution in [-0.4, -0.2) is 51.7 Å². The summed E-state index contributed by atoms with van der Waals surface area (Å²) in [5.41, 5.74) is 9.72. The summed E-state index contributed by atoms with van der Waals surface area (Å²) in [5.74, 6) is -4.30. The lowest BCUT2D eigenvalue weighted by Gasteiger charge is -2.28. The highest BCUT2D eigenvalue weighted by molar-refractivity contribution is 7.15. The Hall–Kier alpha value is -3.52. The van der Waals surface area contributed by atoms with Gasteiger partial charge >= 0.3 is 6.18 Å². The zero-order valence-electron chi connectivity index (χ0n) is 20.0. The SMILES string of the molecule is [2H][C@@]1(NC(=O)[C@H](C)Cc2nc(C(N)=O)sc2C(N)=O)C(=O)N2CCCN2Cc2cc(C(F)(F)F)ccc21. The third kappa shape index (κ3) is 4.91. The summed E-state index contributed by atoms with van der Waals surface area (Å²) < 4.78 is 49.2. The molecule has 1 aromatic heterocycles. The van der Waals surface area contributed by atoms with Gasteiger partial charge in [-0.25, -0.2) is 9.99 Å². The second-order valence-electron chi connectivity index (χ2n) is 8.53. The molecule has 0 unspecified atom stereocenters. The fraction of sp³-hybridized carbons (Fsp3) is 0.409. The highest BCUT2D eigenvalue weighted by Crippen LogP contribution is 2.35. The number of fused-ring (bicyclic) bond motifs is 2. The van der Waals surface area contributed by atoms with Crippen molar-refractivity contribution in [1.82, 2.24) is 20.3 Å². The first-order valence-electron chi connectivity index (χ1n) is 11.4. The Balaban J connectivity index is 1.67. The maximum absolute atomic E-state index is 13.5. The van der Waals surface area contributed by atoms with Crippen LogP contribution in [0.4, 0.5) is 13.2 Å². The van der Waals surface area contributed by atoms with Crippen molar-refractivity contribution >= 4 is 35.0 Å². The van der Waals surface area contributed by atoms with Crippen molar-refractivity contribution in [3.63, 3.8) is 0 Å². The minimum atomic E-state index is -4.63. The van der Waals surface area contributed by atoms with Crippen LogP contribution in [0.1, 0.15) is 62.6 Å². The molecule has 1 aromatic carbocycles. The Morgan fingerprint density at radius 2 is 2.00 bits per heavy atom. The fourth-order valence-electron chi connectivity index (χ4n) is 4.18. The molecule has 1 saturated heterocycles. The van der Waals surface area contributed by atoms with E-state index in [-0.39, 0.29) is 46.2 Å². The molecular formula is C22H23F3N6O4S. The number of carbonyl (C=O) groups is 4. The van der Waals surface area contributed by atoms with Crippen LogP contribution in [0.3, 0.4) is 0 Å². The summed E-state index contributed by atoms with van der Waals surface area (Å²) in [7, 11) is 0. The first-order valence-corrected chi connectivity index (χ1v) is 11.7. The molecular weight excluding hydrogens is 501 g/mol. The number of rotatable bonds is 6. The molecule has 3 heterocycles. The molecule has 4 amide bonds. The van der Waals surface area contributed by atoms with Crippen LogP contribution in [0.25, 0.3) is 0 Å². The van der Waals surface area contributed by atoms with Crippen molar-refractivity contribution in [2.24, 2.45) is 17.4 Å². The molecule has 1 fully saturated rings. The van der Waals surface area contributed by atoms with Gasteiger partial charge in [-0.05, 0) is 29.7 Å². The van der Waals surface area contributed by atoms with E-state index in [0.717, 1.165) is 18.2 Å². The van der Waals surface area contributed by atoms with Crippen LogP contribution in [0, 0.1) is 5.92 Å². The molecule has 10 nitrogen and oxygen atoms in total. The lowest BCUT2D eigenvalue weighted by molar-refractivity contribution is -0.148. The fourth-order valence-corrected chi connectivity index (χ4v) is 4.98. The van der Waals surface area contributed by atoms with Gasteiger partial charge in [0.2, 0.25) is 5.91 Å². The molecule has 0 aliphatic carbocycles. The van der Waals surface area contributed by atoms with Gasteiger partial charge in [-0.2, -0.15) is 13.2 Å². The third-order valence-corrected chi connectivity index (χ3v) is 7.08. The Labute approximate surface area is 208 Å². The van der Waals surface area contributed by atoms with E-state index >= 15 is 0 Å². The normalized spacial score (nSPS) is 21.3. The monoisotopic (exact) mass is 525 g/mol. The first kappa shape index (κ1) is 24.2. The van der Waals surface area contributed by atoms with E-state index in [2.05, 4.69) is 10.3 Å². The van der Waals surface area contributed by atoms with Crippen LogP contribution in [0.5, 0.6) is 0 Å². The molecule has 2 aliphatic rings. The summed E-state index contributed by atoms with van der Waals surface area (Å²) >= 11 is 0.685. The van der Waals surface area contributed by atoms with Gasteiger partial charge in [0.1, 0.15) is 10.9 Å². The number of alkyl halides is 3. The number of hydrazine groups is 1. The topological polar surface area (TPSA) is 152 Å². The van der Waals surface area contributed by atoms with Gasteiger partial charge in [0.05, 0.1) is 12.6 Å². The van der Waals surface area contributed by atoms with E-state index in [0.29, 0.717) is 24.3 Å². The quantitative estimate of drug-likeness (QED) is 0.518.